The number of carbonyl (C=O) groups is 1. The Morgan fingerprint density at radius 2 is 1.95 bits per heavy atom. The number of hydrogen-bond donors (Lipinski definition) is 1. The van der Waals surface area contributed by atoms with E-state index in [0.29, 0.717) is 11.3 Å². The Hall–Kier alpha value is -2.89. The lowest BCUT2D eigenvalue weighted by atomic mass is 10.1. The van der Waals surface area contributed by atoms with Gasteiger partial charge in [0, 0.05) is 18.6 Å². The van der Waals surface area contributed by atoms with E-state index in [9.17, 15) is 20.0 Å². The van der Waals surface area contributed by atoms with Gasteiger partial charge < -0.3 is 9.84 Å². The monoisotopic (exact) mass is 301 g/mol. The number of non-ortho nitro benzene ring substituents is 1. The fourth-order valence-electron chi connectivity index (χ4n) is 1.97. The summed E-state index contributed by atoms with van der Waals surface area (Å²) in [5.41, 5.74) is 1.50. The third-order valence-electron chi connectivity index (χ3n) is 3.12. The van der Waals surface area contributed by atoms with Crippen LogP contribution in [-0.2, 0) is 11.2 Å². The summed E-state index contributed by atoms with van der Waals surface area (Å²) in [4.78, 5) is 21.6. The molecule has 0 saturated heterocycles. The molecule has 1 N–H and O–H groups in total. The van der Waals surface area contributed by atoms with Crippen molar-refractivity contribution in [3.05, 3.63) is 69.8 Å². The van der Waals surface area contributed by atoms with Crippen molar-refractivity contribution >= 4 is 11.7 Å². The zero-order chi connectivity index (χ0) is 16.1. The number of nitrogens with zero attached hydrogens (tertiary/aromatic N) is 1. The number of benzene rings is 2. The van der Waals surface area contributed by atoms with E-state index >= 15 is 0 Å². The van der Waals surface area contributed by atoms with Gasteiger partial charge in [-0.25, -0.2) is 4.79 Å². The molecule has 2 aromatic rings. The van der Waals surface area contributed by atoms with Crippen LogP contribution in [0.25, 0.3) is 0 Å². The van der Waals surface area contributed by atoms with Crippen LogP contribution >= 0.6 is 0 Å². The third-order valence-corrected chi connectivity index (χ3v) is 3.12. The van der Waals surface area contributed by atoms with Crippen molar-refractivity contribution in [3.63, 3.8) is 0 Å². The predicted octanol–water partition coefficient (Wildman–Crippen LogP) is 2.98. The van der Waals surface area contributed by atoms with E-state index < -0.39 is 17.0 Å². The van der Waals surface area contributed by atoms with E-state index in [-0.39, 0.29) is 12.1 Å². The number of carboxylic acid groups (broad SMARTS) is 1. The normalized spacial score (nSPS) is 11.7. The molecule has 6 nitrogen and oxygen atoms in total. The van der Waals surface area contributed by atoms with E-state index in [1.165, 1.54) is 18.2 Å². The molecule has 1 atom stereocenters. The molecule has 0 aliphatic rings. The largest absolute Gasteiger partial charge is 0.478 e. The van der Waals surface area contributed by atoms with Crippen LogP contribution in [0.3, 0.4) is 0 Å². The summed E-state index contributed by atoms with van der Waals surface area (Å²) >= 11 is 0. The zero-order valence-electron chi connectivity index (χ0n) is 11.9. The second-order valence-electron chi connectivity index (χ2n) is 4.89. The van der Waals surface area contributed by atoms with Gasteiger partial charge in [0.1, 0.15) is 5.75 Å². The summed E-state index contributed by atoms with van der Waals surface area (Å²) in [5, 5.41) is 20.0. The quantitative estimate of drug-likeness (QED) is 0.654. The number of rotatable bonds is 6. The second kappa shape index (κ2) is 6.71. The highest BCUT2D eigenvalue weighted by atomic mass is 16.6. The molecule has 6 heteroatoms. The van der Waals surface area contributed by atoms with Gasteiger partial charge in [-0.3, -0.25) is 10.1 Å². The lowest BCUT2D eigenvalue weighted by molar-refractivity contribution is -0.384. The van der Waals surface area contributed by atoms with E-state index in [1.807, 2.05) is 19.1 Å². The van der Waals surface area contributed by atoms with Crippen molar-refractivity contribution < 1.29 is 19.6 Å². The minimum atomic E-state index is -1.12. The summed E-state index contributed by atoms with van der Waals surface area (Å²) in [6.07, 6.45) is -1.06. The highest BCUT2D eigenvalue weighted by molar-refractivity contribution is 5.73. The molecule has 0 spiro atoms. The van der Waals surface area contributed by atoms with Crippen LogP contribution in [0.2, 0.25) is 0 Å². The van der Waals surface area contributed by atoms with Crippen LogP contribution in [0, 0.1) is 17.0 Å². The molecule has 0 heterocycles. The topological polar surface area (TPSA) is 89.7 Å². The molecule has 0 fully saturated rings. The maximum Gasteiger partial charge on any atom is 0.345 e. The summed E-state index contributed by atoms with van der Waals surface area (Å²) in [6.45, 7) is 1.92. The van der Waals surface area contributed by atoms with Crippen molar-refractivity contribution in [1.29, 1.82) is 0 Å². The van der Waals surface area contributed by atoms with Crippen LogP contribution in [-0.4, -0.2) is 22.1 Å². The van der Waals surface area contributed by atoms with Crippen LogP contribution in [0.5, 0.6) is 5.75 Å². The minimum Gasteiger partial charge on any atom is -0.478 e. The number of carboxylic acids is 1. The molecule has 0 aliphatic heterocycles. The van der Waals surface area contributed by atoms with Gasteiger partial charge in [-0.2, -0.15) is 0 Å². The van der Waals surface area contributed by atoms with Crippen molar-refractivity contribution in [2.24, 2.45) is 0 Å². The summed E-state index contributed by atoms with van der Waals surface area (Å²) in [7, 11) is 0. The Morgan fingerprint density at radius 3 is 2.55 bits per heavy atom. The molecule has 0 bridgehead atoms. The zero-order valence-corrected chi connectivity index (χ0v) is 11.9. The number of ether oxygens (including phenoxy) is 1. The molecule has 114 valence electrons. The smallest absolute Gasteiger partial charge is 0.345 e. The highest BCUT2D eigenvalue weighted by Crippen LogP contribution is 2.18. The van der Waals surface area contributed by atoms with Gasteiger partial charge >= 0.3 is 5.97 Å². The fraction of sp³-hybridized carbons (Fsp3) is 0.188. The van der Waals surface area contributed by atoms with E-state index in [2.05, 4.69) is 0 Å². The molecule has 0 saturated carbocycles. The molecule has 0 radical (unpaired) electrons. The molecule has 0 aliphatic carbocycles. The molecule has 2 rings (SSSR count). The van der Waals surface area contributed by atoms with Crippen molar-refractivity contribution in [2.45, 2.75) is 19.4 Å². The predicted molar refractivity (Wildman–Crippen MR) is 80.0 cm³/mol. The molecule has 0 unspecified atom stereocenters. The Kier molecular flexibility index (Phi) is 4.73. The first-order valence-electron chi connectivity index (χ1n) is 6.65. The van der Waals surface area contributed by atoms with Gasteiger partial charge in [0.05, 0.1) is 4.92 Å². The Morgan fingerprint density at radius 1 is 1.27 bits per heavy atom. The first kappa shape index (κ1) is 15.5. The second-order valence-corrected chi connectivity index (χ2v) is 4.89. The van der Waals surface area contributed by atoms with Crippen LogP contribution < -0.4 is 4.74 Å². The summed E-state index contributed by atoms with van der Waals surface area (Å²) in [6, 6.07) is 12.9. The standard InChI is InChI=1S/C16H15NO5/c1-11-5-7-14(8-6-11)22-15(16(18)19)10-12-3-2-4-13(9-12)17(20)21/h2-9,15H,10H2,1H3,(H,18,19)/t15-/m1/s1. The van der Waals surface area contributed by atoms with Gasteiger partial charge in [0.15, 0.2) is 6.10 Å². The van der Waals surface area contributed by atoms with E-state index in [0.717, 1.165) is 5.56 Å². The highest BCUT2D eigenvalue weighted by Gasteiger charge is 2.21. The van der Waals surface area contributed by atoms with Gasteiger partial charge in [-0.1, -0.05) is 29.8 Å². The van der Waals surface area contributed by atoms with Gasteiger partial charge in [-0.05, 0) is 24.6 Å². The first-order chi connectivity index (χ1) is 10.5. The van der Waals surface area contributed by atoms with Gasteiger partial charge in [-0.15, -0.1) is 0 Å². The summed E-state index contributed by atoms with van der Waals surface area (Å²) < 4.78 is 5.47. The number of aliphatic carboxylic acids is 1. The molecule has 2 aromatic carbocycles. The van der Waals surface area contributed by atoms with Crippen LogP contribution in [0.15, 0.2) is 48.5 Å². The SMILES string of the molecule is Cc1ccc(O[C@H](Cc2cccc([N+](=O)[O-])c2)C(=O)O)cc1. The Balaban J connectivity index is 2.15. The van der Waals surface area contributed by atoms with Crippen molar-refractivity contribution in [2.75, 3.05) is 0 Å². The van der Waals surface area contributed by atoms with E-state index in [1.54, 1.807) is 18.2 Å². The minimum absolute atomic E-state index is 0.0465. The lowest BCUT2D eigenvalue weighted by Gasteiger charge is -2.15. The van der Waals surface area contributed by atoms with E-state index in [4.69, 9.17) is 4.74 Å². The lowest BCUT2D eigenvalue weighted by Crippen LogP contribution is -2.29. The number of nitro groups is 1. The molecular formula is C16H15NO5. The Labute approximate surface area is 127 Å². The number of nitro benzene ring substituents is 1. The maximum atomic E-state index is 11.3. The van der Waals surface area contributed by atoms with Gasteiger partial charge in [0.2, 0.25) is 0 Å². The average molecular weight is 301 g/mol. The number of hydrogen-bond acceptors (Lipinski definition) is 4. The van der Waals surface area contributed by atoms with Crippen molar-refractivity contribution in [1.82, 2.24) is 0 Å². The molecule has 22 heavy (non-hydrogen) atoms. The maximum absolute atomic E-state index is 11.3. The van der Waals surface area contributed by atoms with Crippen LogP contribution in [0.1, 0.15) is 11.1 Å². The summed E-state index contributed by atoms with van der Waals surface area (Å²) in [5.74, 6) is -0.671. The number of aryl methyl sites for hydroxylation is 1. The average Bonchev–Trinajstić information content (AvgIpc) is 2.49. The molecule has 0 amide bonds. The molecular weight excluding hydrogens is 286 g/mol. The van der Waals surface area contributed by atoms with Crippen LogP contribution in [0.4, 0.5) is 5.69 Å². The van der Waals surface area contributed by atoms with Gasteiger partial charge in [0.25, 0.3) is 5.69 Å². The Bertz CT molecular complexity index is 681. The van der Waals surface area contributed by atoms with Crippen molar-refractivity contribution in [3.8, 4) is 5.75 Å². The molecule has 0 aromatic heterocycles. The first-order valence-corrected chi connectivity index (χ1v) is 6.65. The third kappa shape index (κ3) is 4.05. The fourth-order valence-corrected chi connectivity index (χ4v) is 1.97.